The maximum absolute atomic E-state index is 12.7. The molecule has 25 heavy (non-hydrogen) atoms. The van der Waals surface area contributed by atoms with E-state index in [1.807, 2.05) is 36.9 Å². The van der Waals surface area contributed by atoms with Gasteiger partial charge in [-0.3, -0.25) is 9.11 Å². The van der Waals surface area contributed by atoms with Crippen LogP contribution in [0.25, 0.3) is 0 Å². The molecule has 1 aromatic rings. The summed E-state index contributed by atoms with van der Waals surface area (Å²) in [4.78, 5) is 16.9. The number of anilines is 1. The Morgan fingerprint density at radius 3 is 2.80 bits per heavy atom. The van der Waals surface area contributed by atoms with Crippen LogP contribution in [0.15, 0.2) is 24.3 Å². The number of nitrogens with zero attached hydrogens (tertiary/aromatic N) is 2. The number of urea groups is 1. The van der Waals surface area contributed by atoms with Gasteiger partial charge in [0.1, 0.15) is 0 Å². The standard InChI is InChI=1S/C18H27N3O2S2/c1-15-6-7-21(10-13-25(15)23)18(22)19-17-5-3-2-4-16(17)14-20-8-11-24-12-9-20/h2-5,15H,6-14H2,1H3,(H,19,22)/t15-,25+/m0/s1. The summed E-state index contributed by atoms with van der Waals surface area (Å²) in [5.41, 5.74) is 2.05. The van der Waals surface area contributed by atoms with Crippen molar-refractivity contribution in [2.45, 2.75) is 25.1 Å². The zero-order valence-electron chi connectivity index (χ0n) is 14.8. The molecule has 0 bridgehead atoms. The molecule has 2 heterocycles. The summed E-state index contributed by atoms with van der Waals surface area (Å²) in [6.45, 7) is 6.31. The summed E-state index contributed by atoms with van der Waals surface area (Å²) in [6.07, 6.45) is 0.799. The number of carbonyl (C=O) groups excluding carboxylic acids is 1. The van der Waals surface area contributed by atoms with Gasteiger partial charge in [0.2, 0.25) is 0 Å². The van der Waals surface area contributed by atoms with Crippen molar-refractivity contribution >= 4 is 34.3 Å². The maximum atomic E-state index is 12.7. The third-order valence-corrected chi connectivity index (χ3v) is 7.52. The van der Waals surface area contributed by atoms with Crippen LogP contribution in [0.2, 0.25) is 0 Å². The first-order valence-electron chi connectivity index (χ1n) is 8.94. The van der Waals surface area contributed by atoms with E-state index >= 15 is 0 Å². The summed E-state index contributed by atoms with van der Waals surface area (Å²) in [6, 6.07) is 7.99. The second kappa shape index (κ2) is 9.05. The average Bonchev–Trinajstić information content (AvgIpc) is 2.79. The van der Waals surface area contributed by atoms with Gasteiger partial charge >= 0.3 is 6.03 Å². The molecule has 2 aliphatic heterocycles. The van der Waals surface area contributed by atoms with Crippen LogP contribution in [0.1, 0.15) is 18.9 Å². The number of rotatable bonds is 3. The van der Waals surface area contributed by atoms with Gasteiger partial charge in [-0.15, -0.1) is 0 Å². The van der Waals surface area contributed by atoms with E-state index in [4.69, 9.17) is 0 Å². The zero-order chi connectivity index (χ0) is 17.6. The number of thioether (sulfide) groups is 1. The lowest BCUT2D eigenvalue weighted by molar-refractivity contribution is 0.215. The van der Waals surface area contributed by atoms with Crippen molar-refractivity contribution in [2.24, 2.45) is 0 Å². The molecular formula is C18H27N3O2S2. The lowest BCUT2D eigenvalue weighted by Crippen LogP contribution is -2.37. The highest BCUT2D eigenvalue weighted by molar-refractivity contribution is 7.99. The minimum absolute atomic E-state index is 0.0762. The van der Waals surface area contributed by atoms with Gasteiger partial charge < -0.3 is 10.2 Å². The quantitative estimate of drug-likeness (QED) is 0.874. The molecule has 0 aliphatic carbocycles. The van der Waals surface area contributed by atoms with Gasteiger partial charge in [-0.1, -0.05) is 25.1 Å². The molecule has 2 fully saturated rings. The van der Waals surface area contributed by atoms with Crippen molar-refractivity contribution in [1.29, 1.82) is 0 Å². The molecule has 1 N–H and O–H groups in total. The monoisotopic (exact) mass is 381 g/mol. The molecule has 0 unspecified atom stereocenters. The summed E-state index contributed by atoms with van der Waals surface area (Å²) in [5.74, 6) is 2.93. The minimum Gasteiger partial charge on any atom is -0.324 e. The Balaban J connectivity index is 1.63. The fourth-order valence-electron chi connectivity index (χ4n) is 3.16. The molecule has 2 aliphatic rings. The van der Waals surface area contributed by atoms with Crippen LogP contribution in [-0.2, 0) is 17.3 Å². The number of nitrogens with one attached hydrogen (secondary N) is 1. The summed E-state index contributed by atoms with van der Waals surface area (Å²) < 4.78 is 12.0. The number of amides is 2. The minimum atomic E-state index is -0.826. The highest BCUT2D eigenvalue weighted by atomic mass is 32.2. The summed E-state index contributed by atoms with van der Waals surface area (Å²) >= 11 is 2.00. The fraction of sp³-hybridized carbons (Fsp3) is 0.611. The van der Waals surface area contributed by atoms with E-state index in [0.717, 1.165) is 37.3 Å². The third kappa shape index (κ3) is 5.21. The normalized spacial score (nSPS) is 25.4. The lowest BCUT2D eigenvalue weighted by Gasteiger charge is -2.27. The van der Waals surface area contributed by atoms with Crippen molar-refractivity contribution in [3.05, 3.63) is 29.8 Å². The van der Waals surface area contributed by atoms with Crippen molar-refractivity contribution < 1.29 is 9.00 Å². The first-order valence-corrected chi connectivity index (χ1v) is 11.5. The molecule has 2 amide bonds. The number of para-hydroxylation sites is 1. The van der Waals surface area contributed by atoms with Crippen molar-refractivity contribution in [2.75, 3.05) is 48.8 Å². The Kier molecular flexibility index (Phi) is 6.78. The van der Waals surface area contributed by atoms with Gasteiger partial charge in [-0.25, -0.2) is 4.79 Å². The molecular weight excluding hydrogens is 354 g/mol. The average molecular weight is 382 g/mol. The Morgan fingerprint density at radius 1 is 1.24 bits per heavy atom. The number of hydrogen-bond donors (Lipinski definition) is 1. The van der Waals surface area contributed by atoms with E-state index in [1.165, 1.54) is 11.5 Å². The summed E-state index contributed by atoms with van der Waals surface area (Å²) in [7, 11) is -0.826. The first-order chi connectivity index (χ1) is 12.1. The first kappa shape index (κ1) is 18.7. The zero-order valence-corrected chi connectivity index (χ0v) is 16.4. The lowest BCUT2D eigenvalue weighted by atomic mass is 10.1. The van der Waals surface area contributed by atoms with E-state index in [9.17, 15) is 9.00 Å². The molecule has 1 aromatic carbocycles. The topological polar surface area (TPSA) is 52.7 Å². The highest BCUT2D eigenvalue weighted by Crippen LogP contribution is 2.20. The van der Waals surface area contributed by atoms with Gasteiger partial charge in [-0.05, 0) is 18.1 Å². The van der Waals surface area contributed by atoms with Crippen LogP contribution in [-0.4, -0.2) is 68.7 Å². The van der Waals surface area contributed by atoms with Gasteiger partial charge in [0.15, 0.2) is 0 Å². The molecule has 3 rings (SSSR count). The third-order valence-electron chi connectivity index (χ3n) is 4.86. The summed E-state index contributed by atoms with van der Waals surface area (Å²) in [5, 5.41) is 3.25. The molecule has 2 saturated heterocycles. The number of benzene rings is 1. The van der Waals surface area contributed by atoms with E-state index in [2.05, 4.69) is 16.3 Å². The molecule has 0 spiro atoms. The van der Waals surface area contributed by atoms with E-state index in [1.54, 1.807) is 4.90 Å². The van der Waals surface area contributed by atoms with Crippen molar-refractivity contribution in [1.82, 2.24) is 9.80 Å². The maximum Gasteiger partial charge on any atom is 0.321 e. The van der Waals surface area contributed by atoms with Crippen LogP contribution >= 0.6 is 11.8 Å². The Labute approximate surface area is 157 Å². The van der Waals surface area contributed by atoms with Crippen molar-refractivity contribution in [3.63, 3.8) is 0 Å². The SMILES string of the molecule is C[C@H]1CCN(C(=O)Nc2ccccc2CN2CCSCC2)CC[S@]1=O. The Morgan fingerprint density at radius 2 is 2.00 bits per heavy atom. The van der Waals surface area contributed by atoms with Crippen LogP contribution in [0.3, 0.4) is 0 Å². The molecule has 138 valence electrons. The van der Waals surface area contributed by atoms with Gasteiger partial charge in [0.05, 0.1) is 0 Å². The highest BCUT2D eigenvalue weighted by Gasteiger charge is 2.23. The molecule has 5 nitrogen and oxygen atoms in total. The molecule has 2 atom stereocenters. The van der Waals surface area contributed by atoms with E-state index in [-0.39, 0.29) is 11.3 Å². The van der Waals surface area contributed by atoms with Crippen LogP contribution in [0.4, 0.5) is 10.5 Å². The molecule has 7 heteroatoms. The number of carbonyl (C=O) groups is 1. The van der Waals surface area contributed by atoms with Crippen LogP contribution in [0.5, 0.6) is 0 Å². The van der Waals surface area contributed by atoms with Gasteiger partial charge in [0.25, 0.3) is 0 Å². The molecule has 0 aromatic heterocycles. The largest absolute Gasteiger partial charge is 0.324 e. The Bertz CT molecular complexity index is 620. The molecule has 0 radical (unpaired) electrons. The smallest absolute Gasteiger partial charge is 0.321 e. The second-order valence-electron chi connectivity index (χ2n) is 6.65. The molecule has 0 saturated carbocycles. The fourth-order valence-corrected chi connectivity index (χ4v) is 5.31. The van der Waals surface area contributed by atoms with Gasteiger partial charge in [-0.2, -0.15) is 11.8 Å². The predicted octanol–water partition coefficient (Wildman–Crippen LogP) is 2.61. The Hall–Kier alpha value is -1.05. The van der Waals surface area contributed by atoms with Crippen LogP contribution < -0.4 is 5.32 Å². The van der Waals surface area contributed by atoms with E-state index in [0.29, 0.717) is 18.8 Å². The predicted molar refractivity (Wildman–Crippen MR) is 107 cm³/mol. The van der Waals surface area contributed by atoms with Gasteiger partial charge in [0, 0.05) is 71.7 Å². The van der Waals surface area contributed by atoms with E-state index < -0.39 is 10.8 Å². The number of hydrogen-bond acceptors (Lipinski definition) is 4. The van der Waals surface area contributed by atoms with Crippen LogP contribution in [0, 0.1) is 0 Å². The second-order valence-corrected chi connectivity index (χ2v) is 9.85. The van der Waals surface area contributed by atoms with Crippen molar-refractivity contribution in [3.8, 4) is 0 Å².